The van der Waals surface area contributed by atoms with Crippen molar-refractivity contribution in [2.45, 2.75) is 44.0 Å². The zero-order valence-electron chi connectivity index (χ0n) is 20.4. The van der Waals surface area contributed by atoms with Crippen LogP contribution in [0.15, 0.2) is 64.0 Å². The molecule has 2 aromatic carbocycles. The molecule has 0 aliphatic carbocycles. The van der Waals surface area contributed by atoms with Crippen LogP contribution in [0.1, 0.15) is 36.6 Å². The van der Waals surface area contributed by atoms with Gasteiger partial charge in [-0.1, -0.05) is 17.3 Å². The number of hydrogen-bond donors (Lipinski definition) is 2. The van der Waals surface area contributed by atoms with E-state index in [1.807, 2.05) is 0 Å². The maximum absolute atomic E-state index is 14.0. The molecule has 4 aromatic rings. The summed E-state index contributed by atoms with van der Waals surface area (Å²) in [5.74, 6) is 0.367. The Morgan fingerprint density at radius 2 is 1.74 bits per heavy atom. The Labute approximate surface area is 216 Å². The molecule has 0 saturated heterocycles. The molecule has 2 aromatic heterocycles. The Hall–Kier alpha value is -3.97. The lowest BCUT2D eigenvalue weighted by Crippen LogP contribution is -2.31. The third-order valence-corrected chi connectivity index (χ3v) is 7.69. The van der Waals surface area contributed by atoms with Gasteiger partial charge in [-0.25, -0.2) is 13.4 Å². The molecule has 38 heavy (non-hydrogen) atoms. The van der Waals surface area contributed by atoms with Gasteiger partial charge in [-0.05, 0) is 63.2 Å². The SMILES string of the molecule is Cc1ccc2c(n1)Nc1cccc(-c3noc(C(C)(C)O)n3)c1N(S(=O)(=O)c1ccc(C(F)(F)F)cc1)C2. The summed E-state index contributed by atoms with van der Waals surface area (Å²) in [6.45, 7) is 4.53. The molecule has 0 fully saturated rings. The molecule has 0 bridgehead atoms. The summed E-state index contributed by atoms with van der Waals surface area (Å²) in [7, 11) is -4.40. The Morgan fingerprint density at radius 1 is 1.03 bits per heavy atom. The van der Waals surface area contributed by atoms with Crippen LogP contribution < -0.4 is 9.62 Å². The van der Waals surface area contributed by atoms with Gasteiger partial charge in [0.2, 0.25) is 5.82 Å². The fraction of sp³-hybridized carbons (Fsp3) is 0.240. The molecule has 0 spiro atoms. The van der Waals surface area contributed by atoms with E-state index in [0.29, 0.717) is 22.8 Å². The molecule has 5 rings (SSSR count). The standard InChI is InChI=1S/C25H22F3N5O4S/c1-14-7-8-15-13-33(38(35,36)17-11-9-16(10-12-17)25(26,27)28)20-18(5-4-6-19(20)30-21(15)29-14)22-31-23(37-32-22)24(2,3)34/h4-12,34H,13H2,1-3H3,(H,29,30). The number of fused-ring (bicyclic) bond motifs is 2. The summed E-state index contributed by atoms with van der Waals surface area (Å²) in [4.78, 5) is 8.43. The monoisotopic (exact) mass is 545 g/mol. The van der Waals surface area contributed by atoms with E-state index in [-0.39, 0.29) is 34.4 Å². The molecule has 0 atom stereocenters. The molecule has 9 nitrogen and oxygen atoms in total. The van der Waals surface area contributed by atoms with Crippen molar-refractivity contribution >= 4 is 27.2 Å². The van der Waals surface area contributed by atoms with Crippen LogP contribution in [0.5, 0.6) is 0 Å². The fourth-order valence-corrected chi connectivity index (χ4v) is 5.49. The minimum atomic E-state index is -4.62. The number of aryl methyl sites for hydroxylation is 1. The Bertz CT molecular complexity index is 1630. The normalized spacial score (nSPS) is 13.9. The lowest BCUT2D eigenvalue weighted by molar-refractivity contribution is -0.137. The number of nitrogens with zero attached hydrogens (tertiary/aromatic N) is 4. The van der Waals surface area contributed by atoms with E-state index in [4.69, 9.17) is 4.52 Å². The van der Waals surface area contributed by atoms with Gasteiger partial charge in [0, 0.05) is 16.8 Å². The summed E-state index contributed by atoms with van der Waals surface area (Å²) < 4.78 is 73.6. The van der Waals surface area contributed by atoms with E-state index in [1.165, 1.54) is 13.8 Å². The zero-order valence-corrected chi connectivity index (χ0v) is 21.2. The van der Waals surface area contributed by atoms with Gasteiger partial charge in [0.1, 0.15) is 11.4 Å². The maximum Gasteiger partial charge on any atom is 0.416 e. The molecule has 0 unspecified atom stereocenters. The minimum absolute atomic E-state index is 0.0171. The molecule has 1 aliphatic rings. The van der Waals surface area contributed by atoms with Crippen LogP contribution in [0.25, 0.3) is 11.4 Å². The summed E-state index contributed by atoms with van der Waals surface area (Å²) in [5, 5.41) is 17.4. The van der Waals surface area contributed by atoms with Crippen molar-refractivity contribution in [1.82, 2.24) is 15.1 Å². The molecule has 13 heteroatoms. The number of rotatable bonds is 4. The van der Waals surface area contributed by atoms with Gasteiger partial charge in [0.05, 0.1) is 28.4 Å². The van der Waals surface area contributed by atoms with E-state index >= 15 is 0 Å². The van der Waals surface area contributed by atoms with Gasteiger partial charge >= 0.3 is 6.18 Å². The molecule has 1 aliphatic heterocycles. The van der Waals surface area contributed by atoms with E-state index < -0.39 is 27.4 Å². The average Bonchev–Trinajstić information content (AvgIpc) is 3.28. The van der Waals surface area contributed by atoms with E-state index in [2.05, 4.69) is 20.4 Å². The number of nitrogens with one attached hydrogen (secondary N) is 1. The first-order valence-corrected chi connectivity index (χ1v) is 12.8. The average molecular weight is 546 g/mol. The third kappa shape index (κ3) is 4.58. The van der Waals surface area contributed by atoms with Gasteiger partial charge in [-0.15, -0.1) is 0 Å². The summed E-state index contributed by atoms with van der Waals surface area (Å²) in [6.07, 6.45) is -4.62. The molecular weight excluding hydrogens is 523 g/mol. The molecule has 0 amide bonds. The highest BCUT2D eigenvalue weighted by molar-refractivity contribution is 7.92. The van der Waals surface area contributed by atoms with Crippen molar-refractivity contribution in [3.63, 3.8) is 0 Å². The van der Waals surface area contributed by atoms with E-state index in [0.717, 1.165) is 28.6 Å². The first-order valence-electron chi connectivity index (χ1n) is 11.4. The van der Waals surface area contributed by atoms with Crippen molar-refractivity contribution in [3.05, 3.63) is 77.3 Å². The van der Waals surface area contributed by atoms with Gasteiger partial charge < -0.3 is 14.9 Å². The van der Waals surface area contributed by atoms with E-state index in [9.17, 15) is 26.7 Å². The number of aliphatic hydroxyl groups is 1. The predicted octanol–water partition coefficient (Wildman–Crippen LogP) is 5.14. The maximum atomic E-state index is 14.0. The van der Waals surface area contributed by atoms with Crippen LogP contribution in [0.2, 0.25) is 0 Å². The highest BCUT2D eigenvalue weighted by atomic mass is 32.2. The number of aromatic nitrogens is 3. The van der Waals surface area contributed by atoms with Gasteiger partial charge in [-0.2, -0.15) is 18.2 Å². The number of hydrogen-bond acceptors (Lipinski definition) is 8. The van der Waals surface area contributed by atoms with Crippen LogP contribution in [0, 0.1) is 6.92 Å². The van der Waals surface area contributed by atoms with Crippen LogP contribution in [-0.2, 0) is 28.3 Å². The zero-order chi connectivity index (χ0) is 27.5. The second-order valence-electron chi connectivity index (χ2n) is 9.30. The fourth-order valence-electron chi connectivity index (χ4n) is 4.01. The summed E-state index contributed by atoms with van der Waals surface area (Å²) >= 11 is 0. The number of benzene rings is 2. The minimum Gasteiger partial charge on any atom is -0.381 e. The summed E-state index contributed by atoms with van der Waals surface area (Å²) in [6, 6.07) is 11.6. The number of sulfonamides is 1. The number of anilines is 3. The van der Waals surface area contributed by atoms with Crippen LogP contribution in [0.4, 0.5) is 30.4 Å². The quantitative estimate of drug-likeness (QED) is 0.362. The molecule has 2 N–H and O–H groups in total. The Morgan fingerprint density at radius 3 is 2.37 bits per heavy atom. The predicted molar refractivity (Wildman–Crippen MR) is 132 cm³/mol. The lowest BCUT2D eigenvalue weighted by atomic mass is 10.1. The summed E-state index contributed by atoms with van der Waals surface area (Å²) in [5.41, 5.74) is -0.422. The van der Waals surface area contributed by atoms with Crippen LogP contribution in [-0.4, -0.2) is 28.6 Å². The Kier molecular flexibility index (Phi) is 5.95. The van der Waals surface area contributed by atoms with Crippen LogP contribution >= 0.6 is 0 Å². The van der Waals surface area contributed by atoms with Crippen molar-refractivity contribution < 1.29 is 31.2 Å². The highest BCUT2D eigenvalue weighted by Gasteiger charge is 2.36. The first-order chi connectivity index (χ1) is 17.7. The second-order valence-corrected chi connectivity index (χ2v) is 11.2. The van der Waals surface area contributed by atoms with Gasteiger partial charge in [0.15, 0.2) is 0 Å². The molecule has 0 radical (unpaired) electrons. The van der Waals surface area contributed by atoms with Gasteiger partial charge in [0.25, 0.3) is 15.9 Å². The number of pyridine rings is 1. The molecule has 0 saturated carbocycles. The number of alkyl halides is 3. The highest BCUT2D eigenvalue weighted by Crippen LogP contribution is 2.44. The van der Waals surface area contributed by atoms with Crippen molar-refractivity contribution in [2.24, 2.45) is 0 Å². The van der Waals surface area contributed by atoms with Crippen LogP contribution in [0.3, 0.4) is 0 Å². The van der Waals surface area contributed by atoms with Crippen molar-refractivity contribution in [2.75, 3.05) is 9.62 Å². The smallest absolute Gasteiger partial charge is 0.381 e. The lowest BCUT2D eigenvalue weighted by Gasteiger charge is -2.26. The second kappa shape index (κ2) is 8.81. The van der Waals surface area contributed by atoms with Crippen molar-refractivity contribution in [1.29, 1.82) is 0 Å². The molecule has 3 heterocycles. The van der Waals surface area contributed by atoms with Gasteiger partial charge in [-0.3, -0.25) is 4.31 Å². The number of para-hydroxylation sites is 1. The van der Waals surface area contributed by atoms with Crippen molar-refractivity contribution in [3.8, 4) is 11.4 Å². The number of halogens is 3. The first kappa shape index (κ1) is 25.7. The molecular formula is C25H22F3N5O4S. The topological polar surface area (TPSA) is 121 Å². The Balaban J connectivity index is 1.72. The van der Waals surface area contributed by atoms with E-state index in [1.54, 1.807) is 37.3 Å². The largest absolute Gasteiger partial charge is 0.416 e. The third-order valence-electron chi connectivity index (χ3n) is 5.93. The molecule has 198 valence electrons.